The highest BCUT2D eigenvalue weighted by atomic mass is 16.5. The lowest BCUT2D eigenvalue weighted by atomic mass is 10.3. The van der Waals surface area contributed by atoms with Crippen molar-refractivity contribution in [2.75, 3.05) is 12.4 Å². The average Bonchev–Trinajstić information content (AvgIpc) is 2.71. The minimum absolute atomic E-state index is 0.369. The fourth-order valence-electron chi connectivity index (χ4n) is 1.39. The smallest absolute Gasteiger partial charge is 0.394 e. The van der Waals surface area contributed by atoms with Gasteiger partial charge in [-0.15, -0.1) is 0 Å². The minimum Gasteiger partial charge on any atom is -0.481 e. The van der Waals surface area contributed by atoms with Crippen LogP contribution in [0.3, 0.4) is 0 Å². The summed E-state index contributed by atoms with van der Waals surface area (Å²) in [5.74, 6) is -2.26. The zero-order valence-corrected chi connectivity index (χ0v) is 8.85. The Morgan fingerprint density at radius 2 is 2.29 bits per heavy atom. The Kier molecular flexibility index (Phi) is 2.65. The predicted molar refractivity (Wildman–Crippen MR) is 58.9 cm³/mol. The number of amides is 1. The number of aromatic amines is 1. The molecule has 0 aromatic carbocycles. The van der Waals surface area contributed by atoms with Gasteiger partial charge in [0, 0.05) is 17.6 Å². The Morgan fingerprint density at radius 3 is 2.94 bits per heavy atom. The molecule has 0 unspecified atom stereocenters. The van der Waals surface area contributed by atoms with Crippen LogP contribution < -0.4 is 10.1 Å². The maximum absolute atomic E-state index is 11.0. The third-order valence-electron chi connectivity index (χ3n) is 2.19. The highest BCUT2D eigenvalue weighted by molar-refractivity contribution is 6.37. The molecule has 0 fully saturated rings. The first-order chi connectivity index (χ1) is 8.11. The first kappa shape index (κ1) is 10.9. The van der Waals surface area contributed by atoms with Crippen LogP contribution in [0.25, 0.3) is 10.9 Å². The summed E-state index contributed by atoms with van der Waals surface area (Å²) in [5, 5.41) is 11.4. The zero-order valence-electron chi connectivity index (χ0n) is 8.85. The van der Waals surface area contributed by atoms with Crippen LogP contribution in [0, 0.1) is 0 Å². The Bertz CT molecular complexity index is 590. The van der Waals surface area contributed by atoms with E-state index < -0.39 is 11.9 Å². The van der Waals surface area contributed by atoms with E-state index in [1.165, 1.54) is 19.5 Å². The summed E-state index contributed by atoms with van der Waals surface area (Å²) in [5.41, 5.74) is 1.04. The lowest BCUT2D eigenvalue weighted by Crippen LogP contribution is -2.21. The molecule has 0 radical (unpaired) electrons. The number of hydrogen-bond donors (Lipinski definition) is 3. The van der Waals surface area contributed by atoms with Crippen molar-refractivity contribution in [2.24, 2.45) is 0 Å². The number of fused-ring (bicyclic) bond motifs is 1. The van der Waals surface area contributed by atoms with Crippen molar-refractivity contribution in [1.82, 2.24) is 9.97 Å². The van der Waals surface area contributed by atoms with Crippen molar-refractivity contribution in [1.29, 1.82) is 0 Å². The molecule has 0 spiro atoms. The van der Waals surface area contributed by atoms with Gasteiger partial charge in [-0.25, -0.2) is 9.78 Å². The van der Waals surface area contributed by atoms with Crippen molar-refractivity contribution in [3.8, 4) is 5.88 Å². The number of aliphatic carboxylic acids is 1. The molecule has 0 saturated heterocycles. The van der Waals surface area contributed by atoms with Gasteiger partial charge in [-0.2, -0.15) is 0 Å². The zero-order chi connectivity index (χ0) is 12.4. The molecular formula is C10H9N3O4. The Morgan fingerprint density at radius 1 is 1.53 bits per heavy atom. The second-order valence-electron chi connectivity index (χ2n) is 3.23. The Balaban J connectivity index is 2.40. The van der Waals surface area contributed by atoms with Crippen LogP contribution in [0.2, 0.25) is 0 Å². The summed E-state index contributed by atoms with van der Waals surface area (Å²) in [4.78, 5) is 28.3. The number of nitrogens with one attached hydrogen (secondary N) is 2. The van der Waals surface area contributed by atoms with Crippen LogP contribution in [0.15, 0.2) is 18.5 Å². The van der Waals surface area contributed by atoms with Gasteiger partial charge in [0.25, 0.3) is 0 Å². The number of anilines is 1. The van der Waals surface area contributed by atoms with E-state index in [0.29, 0.717) is 22.5 Å². The van der Waals surface area contributed by atoms with Crippen LogP contribution in [-0.4, -0.2) is 34.1 Å². The topological polar surface area (TPSA) is 104 Å². The number of rotatable bonds is 2. The number of methoxy groups -OCH3 is 1. The summed E-state index contributed by atoms with van der Waals surface area (Å²) in [7, 11) is 1.47. The second-order valence-corrected chi connectivity index (χ2v) is 3.23. The molecule has 2 rings (SSSR count). The standard InChI is InChI=1S/C10H9N3O4/c1-17-8-2-5-6(3-12-8)11-4-7(5)13-9(14)10(15)16/h2-4,11H,1H3,(H,13,14)(H,15,16). The molecule has 7 nitrogen and oxygen atoms in total. The van der Waals surface area contributed by atoms with E-state index in [-0.39, 0.29) is 0 Å². The van der Waals surface area contributed by atoms with Crippen molar-refractivity contribution in [2.45, 2.75) is 0 Å². The Labute approximate surface area is 95.4 Å². The van der Waals surface area contributed by atoms with Crippen LogP contribution in [0.5, 0.6) is 5.88 Å². The molecule has 17 heavy (non-hydrogen) atoms. The number of carbonyl (C=O) groups is 2. The van der Waals surface area contributed by atoms with Gasteiger partial charge in [-0.1, -0.05) is 0 Å². The number of carboxylic acid groups (broad SMARTS) is 1. The molecule has 3 N–H and O–H groups in total. The van der Waals surface area contributed by atoms with Crippen molar-refractivity contribution < 1.29 is 19.4 Å². The first-order valence-corrected chi connectivity index (χ1v) is 4.67. The maximum atomic E-state index is 11.0. The molecule has 0 saturated carbocycles. The van der Waals surface area contributed by atoms with Crippen LogP contribution in [-0.2, 0) is 9.59 Å². The van der Waals surface area contributed by atoms with Crippen molar-refractivity contribution in [3.63, 3.8) is 0 Å². The quantitative estimate of drug-likeness (QED) is 0.661. The van der Waals surface area contributed by atoms with Gasteiger partial charge >= 0.3 is 11.9 Å². The van der Waals surface area contributed by atoms with Crippen LogP contribution >= 0.6 is 0 Å². The first-order valence-electron chi connectivity index (χ1n) is 4.67. The summed E-state index contributed by atoms with van der Waals surface area (Å²) >= 11 is 0. The normalized spacial score (nSPS) is 10.2. The molecule has 7 heteroatoms. The molecule has 0 atom stereocenters. The monoisotopic (exact) mass is 235 g/mol. The molecule has 0 aliphatic carbocycles. The molecule has 0 bridgehead atoms. The fraction of sp³-hybridized carbons (Fsp3) is 0.100. The average molecular weight is 235 g/mol. The summed E-state index contributed by atoms with van der Waals surface area (Å²) in [6.07, 6.45) is 3.03. The third-order valence-corrected chi connectivity index (χ3v) is 2.19. The molecule has 0 aliphatic heterocycles. The van der Waals surface area contributed by atoms with Crippen molar-refractivity contribution >= 4 is 28.5 Å². The number of H-pyrrole nitrogens is 1. The van der Waals surface area contributed by atoms with Gasteiger partial charge in [0.2, 0.25) is 5.88 Å². The van der Waals surface area contributed by atoms with Crippen molar-refractivity contribution in [3.05, 3.63) is 18.5 Å². The number of hydrogen-bond acceptors (Lipinski definition) is 4. The number of aromatic nitrogens is 2. The van der Waals surface area contributed by atoms with Gasteiger partial charge in [0.05, 0.1) is 24.5 Å². The number of nitrogens with zero attached hydrogens (tertiary/aromatic N) is 1. The highest BCUT2D eigenvalue weighted by Crippen LogP contribution is 2.25. The van der Waals surface area contributed by atoms with Gasteiger partial charge in [0.15, 0.2) is 0 Å². The van der Waals surface area contributed by atoms with E-state index in [4.69, 9.17) is 9.84 Å². The molecule has 2 heterocycles. The fourth-order valence-corrected chi connectivity index (χ4v) is 1.39. The molecule has 0 aliphatic rings. The van der Waals surface area contributed by atoms with E-state index in [2.05, 4.69) is 15.3 Å². The van der Waals surface area contributed by atoms with Gasteiger partial charge in [-0.3, -0.25) is 4.79 Å². The third kappa shape index (κ3) is 2.03. The maximum Gasteiger partial charge on any atom is 0.394 e. The molecule has 1 amide bonds. The largest absolute Gasteiger partial charge is 0.481 e. The second kappa shape index (κ2) is 4.12. The van der Waals surface area contributed by atoms with E-state index in [1.807, 2.05) is 0 Å². The van der Waals surface area contributed by atoms with E-state index in [0.717, 1.165) is 0 Å². The Hall–Kier alpha value is -2.57. The summed E-state index contributed by atoms with van der Waals surface area (Å²) in [6, 6.07) is 1.60. The summed E-state index contributed by atoms with van der Waals surface area (Å²) in [6.45, 7) is 0. The van der Waals surface area contributed by atoms with Gasteiger partial charge < -0.3 is 20.1 Å². The molecule has 88 valence electrons. The number of pyridine rings is 1. The highest BCUT2D eigenvalue weighted by Gasteiger charge is 2.14. The van der Waals surface area contributed by atoms with Crippen LogP contribution in [0.1, 0.15) is 0 Å². The molecule has 2 aromatic rings. The lowest BCUT2D eigenvalue weighted by Gasteiger charge is -2.01. The predicted octanol–water partition coefficient (Wildman–Crippen LogP) is 0.595. The minimum atomic E-state index is -1.54. The SMILES string of the molecule is COc1cc2c(NC(=O)C(=O)O)c[nH]c2cn1. The lowest BCUT2D eigenvalue weighted by molar-refractivity contribution is -0.147. The molecular weight excluding hydrogens is 226 g/mol. The number of carboxylic acids is 1. The number of carbonyl (C=O) groups excluding carboxylic acids is 1. The number of ether oxygens (including phenoxy) is 1. The van der Waals surface area contributed by atoms with E-state index in [1.54, 1.807) is 6.07 Å². The van der Waals surface area contributed by atoms with Gasteiger partial charge in [0.1, 0.15) is 0 Å². The summed E-state index contributed by atoms with van der Waals surface area (Å²) < 4.78 is 4.95. The van der Waals surface area contributed by atoms with Gasteiger partial charge in [-0.05, 0) is 0 Å². The van der Waals surface area contributed by atoms with Crippen LogP contribution in [0.4, 0.5) is 5.69 Å². The molecule has 2 aromatic heterocycles. The van der Waals surface area contributed by atoms with E-state index >= 15 is 0 Å². The van der Waals surface area contributed by atoms with E-state index in [9.17, 15) is 9.59 Å².